The van der Waals surface area contributed by atoms with Crippen LogP contribution in [-0.2, 0) is 16.0 Å². The lowest BCUT2D eigenvalue weighted by molar-refractivity contribution is -0.170. The van der Waals surface area contributed by atoms with Crippen LogP contribution in [0.4, 0.5) is 0 Å². The molecule has 0 aliphatic carbocycles. The number of carbonyl (C=O) groups is 2. The zero-order chi connectivity index (χ0) is 13.5. The first kappa shape index (κ1) is 12.2. The lowest BCUT2D eigenvalue weighted by Crippen LogP contribution is -2.69. The van der Waals surface area contributed by atoms with Gasteiger partial charge in [0.25, 0.3) is 5.91 Å². The van der Waals surface area contributed by atoms with Crippen molar-refractivity contribution in [3.05, 3.63) is 35.9 Å². The SMILES string of the molecule is O=C1N[C@](O)(Cc2ccccc2)C(=O)N2CCC[C@H]12. The maximum atomic E-state index is 12.3. The number of fused-ring (bicyclic) bond motifs is 1. The van der Waals surface area contributed by atoms with Crippen LogP contribution >= 0.6 is 0 Å². The Balaban J connectivity index is 1.86. The molecule has 2 heterocycles. The molecule has 0 spiro atoms. The summed E-state index contributed by atoms with van der Waals surface area (Å²) in [6, 6.07) is 8.80. The zero-order valence-corrected chi connectivity index (χ0v) is 10.5. The van der Waals surface area contributed by atoms with Crippen LogP contribution in [0.5, 0.6) is 0 Å². The molecule has 1 aromatic rings. The third-order valence-corrected chi connectivity index (χ3v) is 3.80. The van der Waals surface area contributed by atoms with E-state index in [0.717, 1.165) is 12.0 Å². The van der Waals surface area contributed by atoms with Gasteiger partial charge in [0.1, 0.15) is 6.04 Å². The predicted molar refractivity (Wildman–Crippen MR) is 68.0 cm³/mol. The van der Waals surface area contributed by atoms with Crippen molar-refractivity contribution >= 4 is 11.8 Å². The van der Waals surface area contributed by atoms with Crippen molar-refractivity contribution in [2.75, 3.05) is 6.54 Å². The van der Waals surface area contributed by atoms with Crippen molar-refractivity contribution in [1.29, 1.82) is 0 Å². The molecule has 0 aromatic heterocycles. The van der Waals surface area contributed by atoms with Crippen LogP contribution in [0.25, 0.3) is 0 Å². The Labute approximate surface area is 111 Å². The molecule has 100 valence electrons. The zero-order valence-electron chi connectivity index (χ0n) is 10.5. The maximum absolute atomic E-state index is 12.3. The van der Waals surface area contributed by atoms with Gasteiger partial charge in [0.05, 0.1) is 0 Å². The summed E-state index contributed by atoms with van der Waals surface area (Å²) in [5.41, 5.74) is -0.990. The van der Waals surface area contributed by atoms with Crippen LogP contribution in [0.2, 0.25) is 0 Å². The molecule has 2 aliphatic heterocycles. The van der Waals surface area contributed by atoms with Crippen molar-refractivity contribution in [3.63, 3.8) is 0 Å². The van der Waals surface area contributed by atoms with E-state index in [0.29, 0.717) is 13.0 Å². The molecular formula is C14H16N2O3. The van der Waals surface area contributed by atoms with Crippen molar-refractivity contribution in [3.8, 4) is 0 Å². The van der Waals surface area contributed by atoms with Crippen molar-refractivity contribution in [2.45, 2.75) is 31.0 Å². The quantitative estimate of drug-likeness (QED) is 0.788. The average Bonchev–Trinajstić information content (AvgIpc) is 2.87. The third kappa shape index (κ3) is 2.00. The van der Waals surface area contributed by atoms with Crippen LogP contribution in [0, 0.1) is 0 Å². The van der Waals surface area contributed by atoms with E-state index in [1.54, 1.807) is 0 Å². The fourth-order valence-electron chi connectivity index (χ4n) is 2.87. The van der Waals surface area contributed by atoms with Crippen LogP contribution in [0.15, 0.2) is 30.3 Å². The normalized spacial score (nSPS) is 30.2. The van der Waals surface area contributed by atoms with Crippen molar-refractivity contribution in [1.82, 2.24) is 10.2 Å². The highest BCUT2D eigenvalue weighted by atomic mass is 16.3. The molecule has 3 rings (SSSR count). The molecule has 2 atom stereocenters. The van der Waals surface area contributed by atoms with Crippen LogP contribution < -0.4 is 5.32 Å². The summed E-state index contributed by atoms with van der Waals surface area (Å²) in [6.07, 6.45) is 1.59. The first-order chi connectivity index (χ1) is 9.10. The highest BCUT2D eigenvalue weighted by molar-refractivity contribution is 5.99. The van der Waals surface area contributed by atoms with Gasteiger partial charge in [-0.15, -0.1) is 0 Å². The number of hydrogen-bond donors (Lipinski definition) is 2. The second kappa shape index (κ2) is 4.35. The number of rotatable bonds is 2. The standard InChI is InChI=1S/C14H16N2O3/c17-12-11-7-4-8-16(11)13(18)14(19,15-12)9-10-5-2-1-3-6-10/h1-3,5-6,11,19H,4,7-9H2,(H,15,17)/t11-,14+/m1/s1. The molecule has 0 saturated carbocycles. The first-order valence-electron chi connectivity index (χ1n) is 6.49. The summed E-state index contributed by atoms with van der Waals surface area (Å²) in [5, 5.41) is 13.0. The molecule has 0 radical (unpaired) electrons. The van der Waals surface area contributed by atoms with E-state index in [-0.39, 0.29) is 12.3 Å². The third-order valence-electron chi connectivity index (χ3n) is 3.80. The molecular weight excluding hydrogens is 244 g/mol. The summed E-state index contributed by atoms with van der Waals surface area (Å²) < 4.78 is 0. The minimum atomic E-state index is -1.81. The Kier molecular flexibility index (Phi) is 2.78. The average molecular weight is 260 g/mol. The minimum absolute atomic E-state index is 0.0988. The van der Waals surface area contributed by atoms with E-state index in [1.165, 1.54) is 4.90 Å². The van der Waals surface area contributed by atoms with E-state index >= 15 is 0 Å². The molecule has 0 unspecified atom stereocenters. The maximum Gasteiger partial charge on any atom is 0.276 e. The molecule has 5 heteroatoms. The van der Waals surface area contributed by atoms with Gasteiger partial charge in [0, 0.05) is 13.0 Å². The van der Waals surface area contributed by atoms with E-state index in [2.05, 4.69) is 5.32 Å². The summed E-state index contributed by atoms with van der Waals surface area (Å²) in [4.78, 5) is 25.8. The number of nitrogens with one attached hydrogen (secondary N) is 1. The van der Waals surface area contributed by atoms with E-state index in [9.17, 15) is 14.7 Å². The molecule has 2 saturated heterocycles. The van der Waals surface area contributed by atoms with Gasteiger partial charge in [-0.1, -0.05) is 30.3 Å². The number of nitrogens with zero attached hydrogens (tertiary/aromatic N) is 1. The number of benzene rings is 1. The molecule has 2 N–H and O–H groups in total. The molecule has 5 nitrogen and oxygen atoms in total. The lowest BCUT2D eigenvalue weighted by Gasteiger charge is -2.40. The van der Waals surface area contributed by atoms with Crippen molar-refractivity contribution in [2.24, 2.45) is 0 Å². The van der Waals surface area contributed by atoms with Gasteiger partial charge in [-0.3, -0.25) is 9.59 Å². The van der Waals surface area contributed by atoms with Crippen LogP contribution in [0.3, 0.4) is 0 Å². The van der Waals surface area contributed by atoms with Gasteiger partial charge < -0.3 is 15.3 Å². The largest absolute Gasteiger partial charge is 0.363 e. The Morgan fingerprint density at radius 1 is 1.32 bits per heavy atom. The summed E-state index contributed by atoms with van der Waals surface area (Å²) >= 11 is 0. The Bertz CT molecular complexity index is 517. The lowest BCUT2D eigenvalue weighted by atomic mass is 9.97. The van der Waals surface area contributed by atoms with Gasteiger partial charge >= 0.3 is 0 Å². The fraction of sp³-hybridized carbons (Fsp3) is 0.429. The number of piperazine rings is 1. The molecule has 0 bridgehead atoms. The fourth-order valence-corrected chi connectivity index (χ4v) is 2.87. The Morgan fingerprint density at radius 2 is 2.05 bits per heavy atom. The summed E-state index contributed by atoms with van der Waals surface area (Å²) in [6.45, 7) is 0.550. The Hall–Kier alpha value is -1.88. The number of amides is 2. The van der Waals surface area contributed by atoms with Gasteiger partial charge in [0.15, 0.2) is 0 Å². The molecule has 2 fully saturated rings. The highest BCUT2D eigenvalue weighted by Crippen LogP contribution is 2.27. The van der Waals surface area contributed by atoms with Crippen LogP contribution in [0.1, 0.15) is 18.4 Å². The molecule has 19 heavy (non-hydrogen) atoms. The smallest absolute Gasteiger partial charge is 0.276 e. The van der Waals surface area contributed by atoms with Gasteiger partial charge in [-0.25, -0.2) is 0 Å². The second-order valence-electron chi connectivity index (χ2n) is 5.17. The monoisotopic (exact) mass is 260 g/mol. The van der Waals surface area contributed by atoms with Gasteiger partial charge in [0.2, 0.25) is 11.6 Å². The number of hydrogen-bond acceptors (Lipinski definition) is 3. The van der Waals surface area contributed by atoms with E-state index < -0.39 is 17.7 Å². The van der Waals surface area contributed by atoms with E-state index in [1.807, 2.05) is 30.3 Å². The number of aliphatic hydroxyl groups is 1. The molecule has 2 amide bonds. The minimum Gasteiger partial charge on any atom is -0.363 e. The second-order valence-corrected chi connectivity index (χ2v) is 5.17. The van der Waals surface area contributed by atoms with Crippen LogP contribution in [-0.4, -0.2) is 40.1 Å². The topological polar surface area (TPSA) is 69.6 Å². The van der Waals surface area contributed by atoms with Gasteiger partial charge in [-0.2, -0.15) is 0 Å². The summed E-state index contributed by atoms with van der Waals surface area (Å²) in [5.74, 6) is -0.644. The first-order valence-corrected chi connectivity index (χ1v) is 6.49. The van der Waals surface area contributed by atoms with Crippen molar-refractivity contribution < 1.29 is 14.7 Å². The number of carbonyl (C=O) groups excluding carboxylic acids is 2. The molecule has 2 aliphatic rings. The molecule has 1 aromatic carbocycles. The highest BCUT2D eigenvalue weighted by Gasteiger charge is 2.51. The predicted octanol–water partition coefficient (Wildman–Crippen LogP) is 0.0385. The van der Waals surface area contributed by atoms with E-state index in [4.69, 9.17) is 0 Å². The Morgan fingerprint density at radius 3 is 2.79 bits per heavy atom. The van der Waals surface area contributed by atoms with Gasteiger partial charge in [-0.05, 0) is 18.4 Å². The summed E-state index contributed by atoms with van der Waals surface area (Å²) in [7, 11) is 0.